The standard InChI is InChI=1S/C16H14F2N4O2S/c1-2-12-10-22(21-19-12)13-4-6-14(7-5-13)25(23,24)20-16-9-11(17)3-8-15(16)18/h3-10,20H,2H2,1H3. The lowest BCUT2D eigenvalue weighted by atomic mass is 10.3. The minimum Gasteiger partial charge on any atom is -0.277 e. The molecular weight excluding hydrogens is 350 g/mol. The van der Waals surface area contributed by atoms with E-state index in [-0.39, 0.29) is 4.90 Å². The number of nitrogens with one attached hydrogen (secondary N) is 1. The maximum atomic E-state index is 13.6. The van der Waals surface area contributed by atoms with Crippen molar-refractivity contribution in [2.45, 2.75) is 18.2 Å². The van der Waals surface area contributed by atoms with E-state index in [4.69, 9.17) is 0 Å². The average Bonchev–Trinajstić information content (AvgIpc) is 3.07. The number of aromatic nitrogens is 3. The van der Waals surface area contributed by atoms with E-state index in [9.17, 15) is 17.2 Å². The predicted molar refractivity (Wildman–Crippen MR) is 87.9 cm³/mol. The molecule has 0 saturated heterocycles. The molecule has 2 aromatic carbocycles. The van der Waals surface area contributed by atoms with Gasteiger partial charge in [0.25, 0.3) is 10.0 Å². The molecule has 0 fully saturated rings. The van der Waals surface area contributed by atoms with E-state index in [0.29, 0.717) is 5.69 Å². The summed E-state index contributed by atoms with van der Waals surface area (Å²) in [6.07, 6.45) is 2.47. The van der Waals surface area contributed by atoms with Crippen molar-refractivity contribution >= 4 is 15.7 Å². The summed E-state index contributed by atoms with van der Waals surface area (Å²) in [6, 6.07) is 8.33. The van der Waals surface area contributed by atoms with Gasteiger partial charge in [-0.25, -0.2) is 21.9 Å². The average molecular weight is 364 g/mol. The van der Waals surface area contributed by atoms with Crippen LogP contribution in [0.3, 0.4) is 0 Å². The largest absolute Gasteiger partial charge is 0.277 e. The Bertz CT molecular complexity index is 1000. The molecule has 3 rings (SSSR count). The monoisotopic (exact) mass is 364 g/mol. The van der Waals surface area contributed by atoms with Crippen LogP contribution in [0.15, 0.2) is 53.6 Å². The van der Waals surface area contributed by atoms with E-state index in [1.165, 1.54) is 16.8 Å². The molecule has 0 unspecified atom stereocenters. The molecule has 0 radical (unpaired) electrons. The Labute approximate surface area is 143 Å². The molecule has 25 heavy (non-hydrogen) atoms. The third-order valence-electron chi connectivity index (χ3n) is 3.49. The van der Waals surface area contributed by atoms with Crippen LogP contribution in [0.25, 0.3) is 5.69 Å². The highest BCUT2D eigenvalue weighted by Gasteiger charge is 2.17. The lowest BCUT2D eigenvalue weighted by molar-refractivity contribution is 0.594. The second kappa shape index (κ2) is 6.60. The van der Waals surface area contributed by atoms with Gasteiger partial charge in [0.1, 0.15) is 11.6 Å². The highest BCUT2D eigenvalue weighted by atomic mass is 32.2. The number of rotatable bonds is 5. The van der Waals surface area contributed by atoms with E-state index < -0.39 is 27.3 Å². The van der Waals surface area contributed by atoms with Crippen LogP contribution >= 0.6 is 0 Å². The minimum absolute atomic E-state index is 0.0873. The van der Waals surface area contributed by atoms with Crippen molar-refractivity contribution in [3.63, 3.8) is 0 Å². The van der Waals surface area contributed by atoms with Gasteiger partial charge in [0, 0.05) is 6.07 Å². The first-order valence-electron chi connectivity index (χ1n) is 7.38. The third kappa shape index (κ3) is 3.66. The number of anilines is 1. The van der Waals surface area contributed by atoms with Gasteiger partial charge in [0.05, 0.1) is 28.2 Å². The summed E-state index contributed by atoms with van der Waals surface area (Å²) in [6.45, 7) is 1.95. The summed E-state index contributed by atoms with van der Waals surface area (Å²) < 4.78 is 55.0. The molecule has 0 spiro atoms. The van der Waals surface area contributed by atoms with E-state index in [0.717, 1.165) is 30.3 Å². The Hall–Kier alpha value is -2.81. The Morgan fingerprint density at radius 2 is 1.84 bits per heavy atom. The van der Waals surface area contributed by atoms with E-state index in [1.807, 2.05) is 11.6 Å². The number of hydrogen-bond donors (Lipinski definition) is 1. The molecule has 3 aromatic rings. The summed E-state index contributed by atoms with van der Waals surface area (Å²) in [5, 5.41) is 7.91. The SMILES string of the molecule is CCc1cn(-c2ccc(S(=O)(=O)Nc3cc(F)ccc3F)cc2)nn1. The van der Waals surface area contributed by atoms with Gasteiger partial charge in [-0.2, -0.15) is 0 Å². The summed E-state index contributed by atoms with van der Waals surface area (Å²) in [4.78, 5) is -0.0873. The van der Waals surface area contributed by atoms with Gasteiger partial charge in [0.2, 0.25) is 0 Å². The predicted octanol–water partition coefficient (Wildman–Crippen LogP) is 2.91. The first-order chi connectivity index (χ1) is 11.9. The van der Waals surface area contributed by atoms with Crippen LogP contribution in [-0.2, 0) is 16.4 Å². The fourth-order valence-electron chi connectivity index (χ4n) is 2.14. The van der Waals surface area contributed by atoms with Gasteiger partial charge in [-0.05, 0) is 42.8 Å². The van der Waals surface area contributed by atoms with Gasteiger partial charge in [-0.1, -0.05) is 12.1 Å². The van der Waals surface area contributed by atoms with Crippen molar-refractivity contribution in [2.75, 3.05) is 4.72 Å². The van der Waals surface area contributed by atoms with Crippen LogP contribution in [0.5, 0.6) is 0 Å². The third-order valence-corrected chi connectivity index (χ3v) is 4.87. The molecule has 1 aromatic heterocycles. The molecule has 0 saturated carbocycles. The highest BCUT2D eigenvalue weighted by molar-refractivity contribution is 7.92. The van der Waals surface area contributed by atoms with Gasteiger partial charge < -0.3 is 0 Å². The van der Waals surface area contributed by atoms with Crippen LogP contribution < -0.4 is 4.72 Å². The molecule has 0 bridgehead atoms. The molecule has 6 nitrogen and oxygen atoms in total. The summed E-state index contributed by atoms with van der Waals surface area (Å²) in [7, 11) is -4.05. The topological polar surface area (TPSA) is 76.9 Å². The molecule has 0 aliphatic rings. The molecule has 0 atom stereocenters. The smallest absolute Gasteiger partial charge is 0.261 e. The molecular formula is C16H14F2N4O2S. The summed E-state index contributed by atoms with van der Waals surface area (Å²) >= 11 is 0. The first-order valence-corrected chi connectivity index (χ1v) is 8.87. The van der Waals surface area contributed by atoms with Crippen LogP contribution in [0.1, 0.15) is 12.6 Å². The molecule has 0 aliphatic heterocycles. The molecule has 1 N–H and O–H groups in total. The van der Waals surface area contributed by atoms with Gasteiger partial charge in [0.15, 0.2) is 0 Å². The second-order valence-corrected chi connectivity index (χ2v) is 6.91. The van der Waals surface area contributed by atoms with Gasteiger partial charge >= 0.3 is 0 Å². The Morgan fingerprint density at radius 3 is 2.48 bits per heavy atom. The highest BCUT2D eigenvalue weighted by Crippen LogP contribution is 2.21. The van der Waals surface area contributed by atoms with Crippen LogP contribution in [0.4, 0.5) is 14.5 Å². The second-order valence-electron chi connectivity index (χ2n) is 5.23. The molecule has 0 aliphatic carbocycles. The van der Waals surface area contributed by atoms with Crippen LogP contribution in [0.2, 0.25) is 0 Å². The fraction of sp³-hybridized carbons (Fsp3) is 0.125. The van der Waals surface area contributed by atoms with Gasteiger partial charge in [-0.15, -0.1) is 5.10 Å². The molecule has 1 heterocycles. The van der Waals surface area contributed by atoms with Crippen LogP contribution in [0, 0.1) is 11.6 Å². The zero-order valence-corrected chi connectivity index (χ0v) is 14.0. The summed E-state index contributed by atoms with van der Waals surface area (Å²) in [5.74, 6) is -1.61. The Kier molecular flexibility index (Phi) is 4.49. The number of sulfonamides is 1. The van der Waals surface area contributed by atoms with Crippen molar-refractivity contribution in [3.8, 4) is 5.69 Å². The van der Waals surface area contributed by atoms with Crippen molar-refractivity contribution in [2.24, 2.45) is 0 Å². The number of aryl methyl sites for hydroxylation is 1. The van der Waals surface area contributed by atoms with Crippen molar-refractivity contribution < 1.29 is 17.2 Å². The zero-order valence-electron chi connectivity index (χ0n) is 13.1. The van der Waals surface area contributed by atoms with E-state index in [1.54, 1.807) is 18.3 Å². The van der Waals surface area contributed by atoms with Crippen molar-refractivity contribution in [1.82, 2.24) is 15.0 Å². The lowest BCUT2D eigenvalue weighted by Gasteiger charge is -2.09. The first kappa shape index (κ1) is 17.0. The van der Waals surface area contributed by atoms with E-state index >= 15 is 0 Å². The van der Waals surface area contributed by atoms with Crippen molar-refractivity contribution in [1.29, 1.82) is 0 Å². The zero-order chi connectivity index (χ0) is 18.0. The molecule has 9 heteroatoms. The normalized spacial score (nSPS) is 11.5. The molecule has 0 amide bonds. The van der Waals surface area contributed by atoms with Gasteiger partial charge in [-0.3, -0.25) is 4.72 Å². The maximum absolute atomic E-state index is 13.6. The van der Waals surface area contributed by atoms with Crippen LogP contribution in [-0.4, -0.2) is 23.4 Å². The minimum atomic E-state index is -4.05. The summed E-state index contributed by atoms with van der Waals surface area (Å²) in [5.41, 5.74) is 0.982. The number of benzene rings is 2. The van der Waals surface area contributed by atoms with E-state index in [2.05, 4.69) is 10.3 Å². The molecule has 130 valence electrons. The number of nitrogens with zero attached hydrogens (tertiary/aromatic N) is 3. The Morgan fingerprint density at radius 1 is 1.12 bits per heavy atom. The lowest BCUT2D eigenvalue weighted by Crippen LogP contribution is -2.14. The number of halogens is 2. The number of hydrogen-bond acceptors (Lipinski definition) is 4. The fourth-order valence-corrected chi connectivity index (χ4v) is 3.20. The quantitative estimate of drug-likeness (QED) is 0.755. The van der Waals surface area contributed by atoms with Crippen molar-refractivity contribution in [3.05, 3.63) is 66.0 Å². The maximum Gasteiger partial charge on any atom is 0.261 e. The Balaban J connectivity index is 1.86.